The van der Waals surface area contributed by atoms with Crippen molar-refractivity contribution in [3.05, 3.63) is 66.7 Å². The molecule has 0 heterocycles. The van der Waals surface area contributed by atoms with Crippen molar-refractivity contribution < 1.29 is 22.7 Å². The largest absolute Gasteiger partial charge is 0.494 e. The number of carbonyl (C=O) groups is 1. The van der Waals surface area contributed by atoms with Gasteiger partial charge in [0, 0.05) is 0 Å². The number of hydrogen-bond acceptors (Lipinski definition) is 5. The smallest absolute Gasteiger partial charge is 0.337 e. The molecule has 6 nitrogen and oxygen atoms in total. The Balaban J connectivity index is 2.45. The van der Waals surface area contributed by atoms with E-state index in [1.165, 1.54) is 35.7 Å². The molecule has 0 aliphatic rings. The molecule has 7 heteroatoms. The lowest BCUT2D eigenvalue weighted by atomic mass is 10.2. The number of ether oxygens (including phenoxy) is 2. The van der Waals surface area contributed by atoms with Crippen molar-refractivity contribution >= 4 is 21.7 Å². The third-order valence-corrected chi connectivity index (χ3v) is 5.38. The summed E-state index contributed by atoms with van der Waals surface area (Å²) in [5.74, 6) is 0.0540. The van der Waals surface area contributed by atoms with Crippen molar-refractivity contribution in [3.8, 4) is 5.75 Å². The van der Waals surface area contributed by atoms with Gasteiger partial charge in [0.2, 0.25) is 0 Å². The van der Waals surface area contributed by atoms with Crippen LogP contribution in [0.1, 0.15) is 17.3 Å². The molecule has 2 rings (SSSR count). The molecule has 0 N–H and O–H groups in total. The normalized spacial score (nSPS) is 10.8. The fraction of sp³-hybridized carbons (Fsp3) is 0.211. The first kappa shape index (κ1) is 19.5. The first-order valence-electron chi connectivity index (χ1n) is 7.99. The van der Waals surface area contributed by atoms with E-state index in [4.69, 9.17) is 9.47 Å². The number of rotatable bonds is 8. The molecule has 0 bridgehead atoms. The van der Waals surface area contributed by atoms with Gasteiger partial charge < -0.3 is 9.47 Å². The Morgan fingerprint density at radius 3 is 2.46 bits per heavy atom. The zero-order chi connectivity index (χ0) is 19.2. The van der Waals surface area contributed by atoms with Crippen LogP contribution < -0.4 is 9.04 Å². The summed E-state index contributed by atoms with van der Waals surface area (Å²) in [6, 6.07) is 12.4. The van der Waals surface area contributed by atoms with E-state index in [1.54, 1.807) is 30.3 Å². The van der Waals surface area contributed by atoms with Crippen LogP contribution in [-0.2, 0) is 14.8 Å². The van der Waals surface area contributed by atoms with Crippen molar-refractivity contribution in [2.45, 2.75) is 11.8 Å². The van der Waals surface area contributed by atoms with Crippen molar-refractivity contribution in [1.82, 2.24) is 0 Å². The van der Waals surface area contributed by atoms with Gasteiger partial charge in [0.25, 0.3) is 10.0 Å². The van der Waals surface area contributed by atoms with Gasteiger partial charge in [0.1, 0.15) is 5.75 Å². The minimum absolute atomic E-state index is 0.0557. The maximum Gasteiger partial charge on any atom is 0.337 e. The van der Waals surface area contributed by atoms with E-state index in [9.17, 15) is 13.2 Å². The van der Waals surface area contributed by atoms with Crippen molar-refractivity contribution in [2.24, 2.45) is 0 Å². The second-order valence-electron chi connectivity index (χ2n) is 5.27. The standard InChI is InChI=1S/C19H21NO5S/c1-4-13-20(16-8-6-7-15(14-16)19(21)24-3)26(22,23)18-11-9-17(10-12-18)25-5-2/h4,6-12,14H,1,5,13H2,2-3H3. The Morgan fingerprint density at radius 1 is 1.19 bits per heavy atom. The third-order valence-electron chi connectivity index (χ3n) is 3.57. The van der Waals surface area contributed by atoms with Gasteiger partial charge in [0.05, 0.1) is 36.4 Å². The molecule has 0 saturated heterocycles. The highest BCUT2D eigenvalue weighted by atomic mass is 32.2. The summed E-state index contributed by atoms with van der Waals surface area (Å²) in [5, 5.41) is 0. The molecule has 2 aromatic carbocycles. The number of esters is 1. The van der Waals surface area contributed by atoms with Crippen LogP contribution in [-0.4, -0.2) is 34.6 Å². The van der Waals surface area contributed by atoms with Crippen LogP contribution in [0.2, 0.25) is 0 Å². The van der Waals surface area contributed by atoms with Crippen LogP contribution in [0.15, 0.2) is 66.1 Å². The summed E-state index contributed by atoms with van der Waals surface area (Å²) in [6.45, 7) is 6.03. The van der Waals surface area contributed by atoms with Gasteiger partial charge in [0.15, 0.2) is 0 Å². The van der Waals surface area contributed by atoms with E-state index >= 15 is 0 Å². The molecule has 0 aliphatic heterocycles. The minimum atomic E-state index is -3.84. The van der Waals surface area contributed by atoms with Gasteiger partial charge >= 0.3 is 5.97 Å². The van der Waals surface area contributed by atoms with E-state index in [2.05, 4.69) is 6.58 Å². The Kier molecular flexibility index (Phi) is 6.41. The van der Waals surface area contributed by atoms with Gasteiger partial charge in [-0.3, -0.25) is 4.31 Å². The van der Waals surface area contributed by atoms with Crippen molar-refractivity contribution in [3.63, 3.8) is 0 Å². The Bertz CT molecular complexity index is 875. The van der Waals surface area contributed by atoms with Crippen LogP contribution in [0.3, 0.4) is 0 Å². The number of benzene rings is 2. The Morgan fingerprint density at radius 2 is 1.88 bits per heavy atom. The average Bonchev–Trinajstić information content (AvgIpc) is 2.66. The van der Waals surface area contributed by atoms with Gasteiger partial charge in [-0.2, -0.15) is 0 Å². The Labute approximate surface area is 153 Å². The lowest BCUT2D eigenvalue weighted by Crippen LogP contribution is -2.31. The quantitative estimate of drug-likeness (QED) is 0.523. The number of nitrogens with zero attached hydrogens (tertiary/aromatic N) is 1. The van der Waals surface area contributed by atoms with Crippen molar-refractivity contribution in [2.75, 3.05) is 24.6 Å². The molecule has 0 saturated carbocycles. The molecule has 0 aromatic heterocycles. The summed E-state index contributed by atoms with van der Waals surface area (Å²) in [5.41, 5.74) is 0.614. The monoisotopic (exact) mass is 375 g/mol. The second-order valence-corrected chi connectivity index (χ2v) is 7.13. The number of anilines is 1. The van der Waals surface area contributed by atoms with Gasteiger partial charge in [-0.25, -0.2) is 13.2 Å². The first-order chi connectivity index (χ1) is 12.4. The van der Waals surface area contributed by atoms with E-state index in [1.807, 2.05) is 6.92 Å². The highest BCUT2D eigenvalue weighted by Gasteiger charge is 2.24. The molecule has 138 valence electrons. The van der Waals surface area contributed by atoms with Crippen LogP contribution in [0.25, 0.3) is 0 Å². The predicted molar refractivity (Wildman–Crippen MR) is 100 cm³/mol. The molecule has 0 amide bonds. The van der Waals surface area contributed by atoms with E-state index in [0.29, 0.717) is 18.0 Å². The zero-order valence-electron chi connectivity index (χ0n) is 14.7. The lowest BCUT2D eigenvalue weighted by Gasteiger charge is -2.23. The first-order valence-corrected chi connectivity index (χ1v) is 9.43. The van der Waals surface area contributed by atoms with E-state index in [0.717, 1.165) is 0 Å². The van der Waals surface area contributed by atoms with Gasteiger partial charge in [-0.05, 0) is 49.4 Å². The number of carbonyl (C=O) groups excluding carboxylic acids is 1. The van der Waals surface area contributed by atoms with Crippen LogP contribution in [0.4, 0.5) is 5.69 Å². The number of sulfonamides is 1. The van der Waals surface area contributed by atoms with Crippen LogP contribution in [0.5, 0.6) is 5.75 Å². The summed E-state index contributed by atoms with van der Waals surface area (Å²) in [4.78, 5) is 11.9. The minimum Gasteiger partial charge on any atom is -0.494 e. The van der Waals surface area contributed by atoms with E-state index < -0.39 is 16.0 Å². The Hall–Kier alpha value is -2.80. The molecule has 0 fully saturated rings. The molecule has 0 spiro atoms. The molecule has 0 radical (unpaired) electrons. The second kappa shape index (κ2) is 8.53. The van der Waals surface area contributed by atoms with E-state index in [-0.39, 0.29) is 17.0 Å². The third kappa shape index (κ3) is 4.23. The molecule has 0 aliphatic carbocycles. The summed E-state index contributed by atoms with van der Waals surface area (Å²) in [6.07, 6.45) is 1.48. The summed E-state index contributed by atoms with van der Waals surface area (Å²) < 4.78 is 37.4. The van der Waals surface area contributed by atoms with Crippen LogP contribution >= 0.6 is 0 Å². The summed E-state index contributed by atoms with van der Waals surface area (Å²) >= 11 is 0. The lowest BCUT2D eigenvalue weighted by molar-refractivity contribution is 0.0600. The highest BCUT2D eigenvalue weighted by Crippen LogP contribution is 2.26. The number of methoxy groups -OCH3 is 1. The fourth-order valence-corrected chi connectivity index (χ4v) is 3.79. The number of hydrogen-bond donors (Lipinski definition) is 0. The fourth-order valence-electron chi connectivity index (χ4n) is 2.37. The molecular weight excluding hydrogens is 354 g/mol. The molecule has 26 heavy (non-hydrogen) atoms. The SMILES string of the molecule is C=CCN(c1cccc(C(=O)OC)c1)S(=O)(=O)c1ccc(OCC)cc1. The molecule has 2 aromatic rings. The maximum absolute atomic E-state index is 13.1. The van der Waals surface area contributed by atoms with Gasteiger partial charge in [-0.1, -0.05) is 12.1 Å². The maximum atomic E-state index is 13.1. The zero-order valence-corrected chi connectivity index (χ0v) is 15.5. The summed E-state index contributed by atoms with van der Waals surface area (Å²) in [7, 11) is -2.57. The molecule has 0 unspecified atom stereocenters. The average molecular weight is 375 g/mol. The predicted octanol–water partition coefficient (Wildman–Crippen LogP) is 3.25. The van der Waals surface area contributed by atoms with Crippen LogP contribution in [0, 0.1) is 0 Å². The highest BCUT2D eigenvalue weighted by molar-refractivity contribution is 7.92. The van der Waals surface area contributed by atoms with Gasteiger partial charge in [-0.15, -0.1) is 6.58 Å². The molecular formula is C19H21NO5S. The molecule has 0 atom stereocenters. The van der Waals surface area contributed by atoms with Crippen molar-refractivity contribution in [1.29, 1.82) is 0 Å². The topological polar surface area (TPSA) is 72.9 Å².